The number of anilines is 1. The van der Waals surface area contributed by atoms with Gasteiger partial charge in [-0.25, -0.2) is 14.7 Å². The molecule has 10 nitrogen and oxygen atoms in total. The molecule has 4 amide bonds. The van der Waals surface area contributed by atoms with E-state index < -0.39 is 35.6 Å². The number of hydrogen-bond acceptors (Lipinski definition) is 7. The third kappa shape index (κ3) is 5.12. The minimum Gasteiger partial charge on any atom is -0.462 e. The lowest BCUT2D eigenvalue weighted by atomic mass is 10.2. The van der Waals surface area contributed by atoms with Gasteiger partial charge in [-0.15, -0.1) is 0 Å². The van der Waals surface area contributed by atoms with Crippen LogP contribution in [-0.2, 0) is 19.1 Å². The molecule has 33 heavy (non-hydrogen) atoms. The maximum Gasteiger partial charge on any atom is 0.338 e. The molecule has 170 valence electrons. The lowest BCUT2D eigenvalue weighted by Gasteiger charge is -2.26. The third-order valence-electron chi connectivity index (χ3n) is 4.76. The number of benzene rings is 1. The zero-order valence-electron chi connectivity index (χ0n) is 18.1. The molecule has 1 aromatic heterocycles. The van der Waals surface area contributed by atoms with Crippen LogP contribution in [0.5, 0.6) is 0 Å². The SMILES string of the molecule is CC=CC(=O)N(NC(=O)c1cccnc1)C1CC(=O)N(c2ccc(C(=O)OCC)cc2)C1=O. The Morgan fingerprint density at radius 3 is 2.52 bits per heavy atom. The van der Waals surface area contributed by atoms with Crippen LogP contribution >= 0.6 is 0 Å². The van der Waals surface area contributed by atoms with E-state index in [2.05, 4.69) is 10.4 Å². The number of aromatic nitrogens is 1. The number of nitrogens with zero attached hydrogens (tertiary/aromatic N) is 3. The summed E-state index contributed by atoms with van der Waals surface area (Å²) in [5.74, 6) is -3.09. The fraction of sp³-hybridized carbons (Fsp3) is 0.217. The quantitative estimate of drug-likeness (QED) is 0.307. The van der Waals surface area contributed by atoms with Crippen molar-refractivity contribution >= 4 is 35.3 Å². The van der Waals surface area contributed by atoms with Crippen molar-refractivity contribution in [3.63, 3.8) is 0 Å². The highest BCUT2D eigenvalue weighted by atomic mass is 16.5. The van der Waals surface area contributed by atoms with Gasteiger partial charge in [0.25, 0.3) is 17.7 Å². The van der Waals surface area contributed by atoms with Gasteiger partial charge < -0.3 is 4.74 Å². The number of hydrazine groups is 1. The Morgan fingerprint density at radius 1 is 1.18 bits per heavy atom. The molecule has 2 heterocycles. The fourth-order valence-electron chi connectivity index (χ4n) is 3.23. The van der Waals surface area contributed by atoms with Crippen molar-refractivity contribution in [3.05, 3.63) is 72.1 Å². The van der Waals surface area contributed by atoms with Gasteiger partial charge in [0, 0.05) is 18.5 Å². The largest absolute Gasteiger partial charge is 0.462 e. The highest BCUT2D eigenvalue weighted by Gasteiger charge is 2.45. The Labute approximate surface area is 189 Å². The second kappa shape index (κ2) is 10.3. The lowest BCUT2D eigenvalue weighted by molar-refractivity contribution is -0.137. The summed E-state index contributed by atoms with van der Waals surface area (Å²) in [7, 11) is 0. The fourth-order valence-corrected chi connectivity index (χ4v) is 3.23. The zero-order chi connectivity index (χ0) is 24.0. The first-order chi connectivity index (χ1) is 15.9. The first-order valence-corrected chi connectivity index (χ1v) is 10.2. The molecule has 2 aromatic rings. The number of carbonyl (C=O) groups is 5. The van der Waals surface area contributed by atoms with Crippen molar-refractivity contribution in [1.82, 2.24) is 15.4 Å². The number of esters is 1. The van der Waals surface area contributed by atoms with Gasteiger partial charge in [0.15, 0.2) is 0 Å². The third-order valence-corrected chi connectivity index (χ3v) is 4.76. The molecule has 1 N–H and O–H groups in total. The second-order valence-electron chi connectivity index (χ2n) is 6.95. The van der Waals surface area contributed by atoms with Gasteiger partial charge in [0.1, 0.15) is 6.04 Å². The van der Waals surface area contributed by atoms with Crippen LogP contribution in [0.3, 0.4) is 0 Å². The minimum absolute atomic E-state index is 0.180. The van der Waals surface area contributed by atoms with Crippen LogP contribution in [-0.4, -0.2) is 52.2 Å². The molecule has 10 heteroatoms. The van der Waals surface area contributed by atoms with Crippen molar-refractivity contribution in [2.75, 3.05) is 11.5 Å². The van der Waals surface area contributed by atoms with Gasteiger partial charge in [0.05, 0.1) is 29.8 Å². The van der Waals surface area contributed by atoms with E-state index in [1.165, 1.54) is 54.9 Å². The molecule has 0 saturated carbocycles. The first kappa shape index (κ1) is 23.3. The van der Waals surface area contributed by atoms with Gasteiger partial charge in [-0.2, -0.15) is 0 Å². The molecule has 0 radical (unpaired) electrons. The average Bonchev–Trinajstić information content (AvgIpc) is 3.11. The van der Waals surface area contributed by atoms with E-state index in [-0.39, 0.29) is 29.8 Å². The summed E-state index contributed by atoms with van der Waals surface area (Å²) in [5, 5.41) is 0.850. The molecule has 1 fully saturated rings. The molecular formula is C23H22N4O6. The highest BCUT2D eigenvalue weighted by Crippen LogP contribution is 2.26. The lowest BCUT2D eigenvalue weighted by Crippen LogP contribution is -2.54. The van der Waals surface area contributed by atoms with E-state index in [1.54, 1.807) is 19.9 Å². The molecule has 1 aromatic carbocycles. The molecule has 0 bridgehead atoms. The molecule has 1 aliphatic heterocycles. The van der Waals surface area contributed by atoms with E-state index >= 15 is 0 Å². The molecule has 0 spiro atoms. The number of ether oxygens (including phenoxy) is 1. The maximum absolute atomic E-state index is 13.1. The minimum atomic E-state index is -1.24. The summed E-state index contributed by atoms with van der Waals surface area (Å²) in [4.78, 5) is 67.7. The number of carbonyl (C=O) groups excluding carboxylic acids is 5. The molecule has 1 atom stereocenters. The first-order valence-electron chi connectivity index (χ1n) is 10.2. The summed E-state index contributed by atoms with van der Waals surface area (Å²) in [6.07, 6.45) is 5.11. The Hall–Kier alpha value is -4.34. The topological polar surface area (TPSA) is 126 Å². The van der Waals surface area contributed by atoms with E-state index in [0.29, 0.717) is 0 Å². The smallest absolute Gasteiger partial charge is 0.338 e. The maximum atomic E-state index is 13.1. The number of allylic oxidation sites excluding steroid dienone is 1. The number of hydrogen-bond donors (Lipinski definition) is 1. The van der Waals surface area contributed by atoms with Crippen LogP contribution in [0, 0.1) is 0 Å². The number of imide groups is 1. The second-order valence-corrected chi connectivity index (χ2v) is 6.95. The molecule has 1 saturated heterocycles. The monoisotopic (exact) mass is 450 g/mol. The summed E-state index contributed by atoms with van der Waals surface area (Å²) in [5.41, 5.74) is 3.10. The van der Waals surface area contributed by atoms with Crippen molar-refractivity contribution in [2.24, 2.45) is 0 Å². The summed E-state index contributed by atoms with van der Waals surface area (Å²) >= 11 is 0. The Balaban J connectivity index is 1.85. The van der Waals surface area contributed by atoms with Crippen LogP contribution < -0.4 is 10.3 Å². The summed E-state index contributed by atoms with van der Waals surface area (Å²) < 4.78 is 4.93. The molecule has 1 aliphatic rings. The number of nitrogens with one attached hydrogen (secondary N) is 1. The zero-order valence-corrected chi connectivity index (χ0v) is 18.1. The Morgan fingerprint density at radius 2 is 1.91 bits per heavy atom. The number of rotatable bonds is 6. The standard InChI is InChI=1S/C23H22N4O6/c1-3-6-19(28)27(25-21(30)16-7-5-12-24-14-16)18-13-20(29)26(22(18)31)17-10-8-15(9-11-17)23(32)33-4-2/h3,5-12,14,18H,4,13H2,1-2H3,(H,25,30). The molecule has 1 unspecified atom stereocenters. The van der Waals surface area contributed by atoms with Crippen molar-refractivity contribution in [2.45, 2.75) is 26.3 Å². The van der Waals surface area contributed by atoms with Crippen LogP contribution in [0.1, 0.15) is 41.0 Å². The predicted octanol–water partition coefficient (Wildman–Crippen LogP) is 1.64. The summed E-state index contributed by atoms with van der Waals surface area (Å²) in [6.45, 7) is 3.51. The summed E-state index contributed by atoms with van der Waals surface area (Å²) in [6, 6.07) is 7.57. The highest BCUT2D eigenvalue weighted by molar-refractivity contribution is 6.23. The van der Waals surface area contributed by atoms with Crippen LogP contribution in [0.2, 0.25) is 0 Å². The Kier molecular flexibility index (Phi) is 7.29. The van der Waals surface area contributed by atoms with E-state index in [1.807, 2.05) is 0 Å². The van der Waals surface area contributed by atoms with E-state index in [9.17, 15) is 24.0 Å². The van der Waals surface area contributed by atoms with E-state index in [4.69, 9.17) is 4.74 Å². The van der Waals surface area contributed by atoms with Crippen LogP contribution in [0.15, 0.2) is 60.9 Å². The van der Waals surface area contributed by atoms with Gasteiger partial charge >= 0.3 is 5.97 Å². The van der Waals surface area contributed by atoms with Crippen molar-refractivity contribution in [3.8, 4) is 0 Å². The van der Waals surface area contributed by atoms with Crippen molar-refractivity contribution < 1.29 is 28.7 Å². The molecule has 0 aliphatic carbocycles. The van der Waals surface area contributed by atoms with Gasteiger partial charge in [-0.3, -0.25) is 29.6 Å². The normalized spacial score (nSPS) is 15.6. The van der Waals surface area contributed by atoms with Gasteiger partial charge in [0.2, 0.25) is 5.91 Å². The number of amides is 4. The molecule has 3 rings (SSSR count). The number of pyridine rings is 1. The van der Waals surface area contributed by atoms with Gasteiger partial charge in [-0.05, 0) is 50.2 Å². The van der Waals surface area contributed by atoms with E-state index in [0.717, 1.165) is 9.91 Å². The molecular weight excluding hydrogens is 428 g/mol. The average molecular weight is 450 g/mol. The Bertz CT molecular complexity index is 1100. The van der Waals surface area contributed by atoms with Crippen LogP contribution in [0.4, 0.5) is 5.69 Å². The van der Waals surface area contributed by atoms with Crippen LogP contribution in [0.25, 0.3) is 0 Å². The predicted molar refractivity (Wildman–Crippen MR) is 117 cm³/mol. The van der Waals surface area contributed by atoms with Crippen molar-refractivity contribution in [1.29, 1.82) is 0 Å². The van der Waals surface area contributed by atoms with Gasteiger partial charge in [-0.1, -0.05) is 6.08 Å².